The molecule has 2 rings (SSSR count). The molecule has 1 aromatic heterocycles. The van der Waals surface area contributed by atoms with Gasteiger partial charge in [0, 0.05) is 29.2 Å². The molecule has 0 aliphatic rings. The Morgan fingerprint density at radius 1 is 1.27 bits per heavy atom. The lowest BCUT2D eigenvalue weighted by Crippen LogP contribution is -2.18. The molecule has 0 saturated carbocycles. The third-order valence-electron chi connectivity index (χ3n) is 3.37. The predicted molar refractivity (Wildman–Crippen MR) is 87.0 cm³/mol. The fourth-order valence-electron chi connectivity index (χ4n) is 2.10. The van der Waals surface area contributed by atoms with Crippen LogP contribution >= 0.6 is 11.6 Å². The molecular formula is C16H20ClN3O2. The van der Waals surface area contributed by atoms with E-state index in [1.54, 1.807) is 24.3 Å². The molecule has 0 fully saturated rings. The van der Waals surface area contributed by atoms with E-state index in [1.165, 1.54) is 0 Å². The molecule has 1 amide bonds. The average Bonchev–Trinajstić information content (AvgIpc) is 2.81. The van der Waals surface area contributed by atoms with E-state index in [0.717, 1.165) is 35.7 Å². The smallest absolute Gasteiger partial charge is 0.224 e. The lowest BCUT2D eigenvalue weighted by atomic mass is 10.2. The monoisotopic (exact) mass is 321 g/mol. The maximum atomic E-state index is 11.8. The summed E-state index contributed by atoms with van der Waals surface area (Å²) in [7, 11) is 0. The van der Waals surface area contributed by atoms with Gasteiger partial charge in [-0.25, -0.2) is 0 Å². The molecular weight excluding hydrogens is 302 g/mol. The normalized spacial score (nSPS) is 10.7. The first-order chi connectivity index (χ1) is 10.6. The molecule has 0 unspecified atom stereocenters. The SMILES string of the molecule is Cc1noc(C)c1CNCCCC(=O)Nc1ccc(Cl)cc1. The fraction of sp³-hybridized carbons (Fsp3) is 0.375. The van der Waals surface area contributed by atoms with Crippen molar-refractivity contribution in [2.24, 2.45) is 0 Å². The second-order valence-corrected chi connectivity index (χ2v) is 5.57. The number of nitrogens with zero attached hydrogens (tertiary/aromatic N) is 1. The topological polar surface area (TPSA) is 67.2 Å². The van der Waals surface area contributed by atoms with Gasteiger partial charge >= 0.3 is 0 Å². The van der Waals surface area contributed by atoms with Crippen molar-refractivity contribution < 1.29 is 9.32 Å². The van der Waals surface area contributed by atoms with Crippen molar-refractivity contribution in [2.75, 3.05) is 11.9 Å². The van der Waals surface area contributed by atoms with Crippen LogP contribution in [-0.4, -0.2) is 17.6 Å². The zero-order chi connectivity index (χ0) is 15.9. The van der Waals surface area contributed by atoms with E-state index in [4.69, 9.17) is 16.1 Å². The fourth-order valence-corrected chi connectivity index (χ4v) is 2.22. The molecule has 1 heterocycles. The highest BCUT2D eigenvalue weighted by Crippen LogP contribution is 2.14. The number of anilines is 1. The Morgan fingerprint density at radius 2 is 2.00 bits per heavy atom. The van der Waals surface area contributed by atoms with Crippen LogP contribution in [0.4, 0.5) is 5.69 Å². The van der Waals surface area contributed by atoms with Crippen LogP contribution in [-0.2, 0) is 11.3 Å². The van der Waals surface area contributed by atoms with Gasteiger partial charge in [0.25, 0.3) is 0 Å². The Kier molecular flexibility index (Phi) is 5.98. The van der Waals surface area contributed by atoms with Gasteiger partial charge in [-0.1, -0.05) is 16.8 Å². The summed E-state index contributed by atoms with van der Waals surface area (Å²) in [6.45, 7) is 5.29. The summed E-state index contributed by atoms with van der Waals surface area (Å²) in [6, 6.07) is 7.08. The van der Waals surface area contributed by atoms with Crippen LogP contribution in [0.15, 0.2) is 28.8 Å². The number of aryl methyl sites for hydroxylation is 2. The van der Waals surface area contributed by atoms with Crippen molar-refractivity contribution in [3.05, 3.63) is 46.3 Å². The maximum Gasteiger partial charge on any atom is 0.224 e. The highest BCUT2D eigenvalue weighted by Gasteiger charge is 2.08. The van der Waals surface area contributed by atoms with E-state index in [0.29, 0.717) is 18.0 Å². The highest BCUT2D eigenvalue weighted by molar-refractivity contribution is 6.30. The van der Waals surface area contributed by atoms with Gasteiger partial charge in [-0.3, -0.25) is 4.79 Å². The summed E-state index contributed by atoms with van der Waals surface area (Å²) in [6.07, 6.45) is 1.24. The molecule has 2 aromatic rings. The molecule has 1 aromatic carbocycles. The van der Waals surface area contributed by atoms with Gasteiger partial charge < -0.3 is 15.2 Å². The first-order valence-corrected chi connectivity index (χ1v) is 7.62. The minimum atomic E-state index is 0.00135. The molecule has 0 atom stereocenters. The Morgan fingerprint density at radius 3 is 2.64 bits per heavy atom. The molecule has 5 nitrogen and oxygen atoms in total. The number of hydrogen-bond donors (Lipinski definition) is 2. The second kappa shape index (κ2) is 7.96. The predicted octanol–water partition coefficient (Wildman–Crippen LogP) is 3.45. The third kappa shape index (κ3) is 4.86. The zero-order valence-corrected chi connectivity index (χ0v) is 13.5. The first-order valence-electron chi connectivity index (χ1n) is 7.24. The molecule has 22 heavy (non-hydrogen) atoms. The van der Waals surface area contributed by atoms with Gasteiger partial charge in [0.2, 0.25) is 5.91 Å². The average molecular weight is 322 g/mol. The largest absolute Gasteiger partial charge is 0.361 e. The molecule has 118 valence electrons. The van der Waals surface area contributed by atoms with Gasteiger partial charge in [0.05, 0.1) is 5.69 Å². The molecule has 6 heteroatoms. The summed E-state index contributed by atoms with van der Waals surface area (Å²) in [4.78, 5) is 11.8. The summed E-state index contributed by atoms with van der Waals surface area (Å²) in [5.41, 5.74) is 2.76. The van der Waals surface area contributed by atoms with Crippen molar-refractivity contribution in [1.82, 2.24) is 10.5 Å². The van der Waals surface area contributed by atoms with Gasteiger partial charge in [0.1, 0.15) is 5.76 Å². The number of amides is 1. The second-order valence-electron chi connectivity index (χ2n) is 5.14. The summed E-state index contributed by atoms with van der Waals surface area (Å²) >= 11 is 5.80. The van der Waals surface area contributed by atoms with Crippen molar-refractivity contribution in [3.63, 3.8) is 0 Å². The Labute approximate surface area is 135 Å². The van der Waals surface area contributed by atoms with E-state index in [9.17, 15) is 4.79 Å². The quantitative estimate of drug-likeness (QED) is 0.766. The number of nitrogens with one attached hydrogen (secondary N) is 2. The number of carbonyl (C=O) groups is 1. The number of benzene rings is 1. The van der Waals surface area contributed by atoms with E-state index >= 15 is 0 Å². The highest BCUT2D eigenvalue weighted by atomic mass is 35.5. The van der Waals surface area contributed by atoms with E-state index in [1.807, 2.05) is 13.8 Å². The first kappa shape index (κ1) is 16.5. The van der Waals surface area contributed by atoms with Crippen molar-refractivity contribution >= 4 is 23.2 Å². The molecule has 0 aliphatic carbocycles. The van der Waals surface area contributed by atoms with Crippen LogP contribution in [0, 0.1) is 13.8 Å². The maximum absolute atomic E-state index is 11.8. The van der Waals surface area contributed by atoms with Crippen LogP contribution in [0.5, 0.6) is 0 Å². The van der Waals surface area contributed by atoms with E-state index in [2.05, 4.69) is 15.8 Å². The Bertz CT molecular complexity index is 603. The minimum absolute atomic E-state index is 0.00135. The summed E-state index contributed by atoms with van der Waals surface area (Å²) in [5, 5.41) is 10.7. The number of hydrogen-bond acceptors (Lipinski definition) is 4. The molecule has 0 saturated heterocycles. The lowest BCUT2D eigenvalue weighted by Gasteiger charge is -2.06. The minimum Gasteiger partial charge on any atom is -0.361 e. The Balaban J connectivity index is 1.64. The van der Waals surface area contributed by atoms with Gasteiger partial charge in [-0.15, -0.1) is 0 Å². The molecule has 0 bridgehead atoms. The van der Waals surface area contributed by atoms with Gasteiger partial charge in [-0.2, -0.15) is 0 Å². The van der Waals surface area contributed by atoms with Crippen LogP contribution in [0.3, 0.4) is 0 Å². The van der Waals surface area contributed by atoms with Gasteiger partial charge in [-0.05, 0) is 51.1 Å². The molecule has 0 radical (unpaired) electrons. The standard InChI is InChI=1S/C16H20ClN3O2/c1-11-15(12(2)22-20-11)10-18-9-3-4-16(21)19-14-7-5-13(17)6-8-14/h5-8,18H,3-4,9-10H2,1-2H3,(H,19,21). The number of rotatable bonds is 7. The van der Waals surface area contributed by atoms with Crippen molar-refractivity contribution in [1.29, 1.82) is 0 Å². The van der Waals surface area contributed by atoms with Crippen LogP contribution < -0.4 is 10.6 Å². The van der Waals surface area contributed by atoms with E-state index < -0.39 is 0 Å². The van der Waals surface area contributed by atoms with E-state index in [-0.39, 0.29) is 5.91 Å². The van der Waals surface area contributed by atoms with Gasteiger partial charge in [0.15, 0.2) is 0 Å². The zero-order valence-electron chi connectivity index (χ0n) is 12.8. The van der Waals surface area contributed by atoms with Crippen molar-refractivity contribution in [2.45, 2.75) is 33.2 Å². The molecule has 2 N–H and O–H groups in total. The summed E-state index contributed by atoms with van der Waals surface area (Å²) < 4.78 is 5.10. The number of halogens is 1. The van der Waals surface area contributed by atoms with Crippen molar-refractivity contribution in [3.8, 4) is 0 Å². The molecule has 0 aliphatic heterocycles. The number of aromatic nitrogens is 1. The van der Waals surface area contributed by atoms with Crippen LogP contribution in [0.1, 0.15) is 29.9 Å². The Hall–Kier alpha value is -1.85. The third-order valence-corrected chi connectivity index (χ3v) is 3.62. The van der Waals surface area contributed by atoms with Crippen LogP contribution in [0.25, 0.3) is 0 Å². The molecule has 0 spiro atoms. The summed E-state index contributed by atoms with van der Waals surface area (Å²) in [5.74, 6) is 0.840. The number of carbonyl (C=O) groups excluding carboxylic acids is 1. The lowest BCUT2D eigenvalue weighted by molar-refractivity contribution is -0.116. The van der Waals surface area contributed by atoms with Crippen LogP contribution in [0.2, 0.25) is 5.02 Å².